The van der Waals surface area contributed by atoms with E-state index in [2.05, 4.69) is 333 Å². The van der Waals surface area contributed by atoms with E-state index in [1.54, 1.807) is 0 Å². The number of nitrogens with one attached hydrogen (secondary N) is 1. The van der Waals surface area contributed by atoms with Crippen molar-refractivity contribution in [2.24, 2.45) is 0 Å². The number of benzene rings is 12. The van der Waals surface area contributed by atoms with Crippen LogP contribution >= 0.6 is 15.9 Å². The topological polar surface area (TPSA) is 25.1 Å². The molecular weight excluding hydrogens is 1140 g/mol. The van der Waals surface area contributed by atoms with Crippen molar-refractivity contribution in [1.29, 1.82) is 0 Å². The predicted molar refractivity (Wildman–Crippen MR) is 381 cm³/mol. The maximum atomic E-state index is 3.54. The summed E-state index contributed by atoms with van der Waals surface area (Å²) in [5, 5.41) is 8.58. The average molecular weight is 1220 g/mol. The highest BCUT2D eigenvalue weighted by Crippen LogP contribution is 2.48. The maximum Gasteiger partial charge on any atom is 0.0561 e. The molecule has 14 aromatic rings. The van der Waals surface area contributed by atoms with Gasteiger partial charge in [0.05, 0.1) is 22.1 Å². The van der Waals surface area contributed by atoms with Crippen LogP contribution in [0.15, 0.2) is 320 Å². The summed E-state index contributed by atoms with van der Waals surface area (Å²) in [6, 6.07) is 114. The second kappa shape index (κ2) is 26.0. The third-order valence-electron chi connectivity index (χ3n) is 18.8. The molecule has 1 N–H and O–H groups in total. The van der Waals surface area contributed by atoms with Crippen LogP contribution in [0.3, 0.4) is 0 Å². The smallest absolute Gasteiger partial charge is 0.0561 e. The lowest BCUT2D eigenvalue weighted by Gasteiger charge is -2.39. The normalized spacial score (nSPS) is 14.3. The molecule has 0 unspecified atom stereocenters. The van der Waals surface area contributed by atoms with Crippen molar-refractivity contribution in [3.05, 3.63) is 342 Å². The number of hydrogen-bond acceptors (Lipinski definition) is 2. The van der Waals surface area contributed by atoms with E-state index in [4.69, 9.17) is 0 Å². The van der Waals surface area contributed by atoms with Gasteiger partial charge in [0.15, 0.2) is 0 Å². The monoisotopic (exact) mass is 1220 g/mol. The summed E-state index contributed by atoms with van der Waals surface area (Å²) >= 11 is 3.54. The molecule has 16 rings (SSSR count). The lowest BCUT2D eigenvalue weighted by molar-refractivity contribution is 0.346. The molecule has 0 radical (unpaired) electrons. The van der Waals surface area contributed by atoms with Gasteiger partial charge in [0.1, 0.15) is 0 Å². The molecule has 89 heavy (non-hydrogen) atoms. The minimum atomic E-state index is 0.0884. The molecule has 0 saturated heterocycles. The fourth-order valence-electron chi connectivity index (χ4n) is 14.6. The van der Waals surface area contributed by atoms with E-state index in [1.807, 2.05) is 18.2 Å². The second-order valence-electron chi connectivity index (χ2n) is 24.0. The van der Waals surface area contributed by atoms with Crippen molar-refractivity contribution >= 4 is 88.0 Å². The number of rotatable bonds is 11. The molecule has 436 valence electrons. The molecule has 2 heterocycles. The van der Waals surface area contributed by atoms with Gasteiger partial charge in [0, 0.05) is 76.7 Å². The molecule has 2 aromatic heterocycles. The highest BCUT2D eigenvalue weighted by molar-refractivity contribution is 9.10. The van der Waals surface area contributed by atoms with Crippen LogP contribution in [0.1, 0.15) is 86.5 Å². The number of anilines is 5. The van der Waals surface area contributed by atoms with Crippen molar-refractivity contribution in [2.45, 2.75) is 75.0 Å². The van der Waals surface area contributed by atoms with Crippen LogP contribution in [-0.2, 0) is 10.8 Å². The summed E-state index contributed by atoms with van der Waals surface area (Å²) in [6.45, 7) is 0. The van der Waals surface area contributed by atoms with Crippen molar-refractivity contribution < 1.29 is 0 Å². The van der Waals surface area contributed by atoms with E-state index >= 15 is 0 Å². The Morgan fingerprint density at radius 3 is 1.13 bits per heavy atom. The van der Waals surface area contributed by atoms with E-state index in [1.165, 1.54) is 147 Å². The van der Waals surface area contributed by atoms with Crippen LogP contribution < -0.4 is 10.2 Å². The van der Waals surface area contributed by atoms with Gasteiger partial charge in [-0.3, -0.25) is 0 Å². The molecule has 2 saturated carbocycles. The average Bonchev–Trinajstić information content (AvgIpc) is 2.95. The molecular formula is C84H73BrN4. The molecule has 12 aromatic carbocycles. The SMILES string of the molecule is Brc1ccc(C2(c3ccccc3)CCCCC2)cc1.c1ccc(N(c2ccc(C3(c4ccccc4)CCCCC3)cc2)c2ccc3c4ccccc4n(-c4ccccc4)c3c2)cc1.c1ccc(Nc2ccc3c4ccccc4n(-c4ccccc4)c3c2)cc1. The first-order chi connectivity index (χ1) is 44.0. The van der Waals surface area contributed by atoms with Crippen molar-refractivity contribution in [1.82, 2.24) is 9.13 Å². The molecule has 0 spiro atoms. The Bertz CT molecular complexity index is 4610. The number of hydrogen-bond donors (Lipinski definition) is 1. The van der Waals surface area contributed by atoms with Gasteiger partial charge in [-0.25, -0.2) is 0 Å². The van der Waals surface area contributed by atoms with Gasteiger partial charge >= 0.3 is 0 Å². The van der Waals surface area contributed by atoms with Crippen molar-refractivity contribution in [3.8, 4) is 11.4 Å². The van der Waals surface area contributed by atoms with Gasteiger partial charge in [-0.15, -0.1) is 0 Å². The number of fused-ring (bicyclic) bond motifs is 6. The summed E-state index contributed by atoms with van der Waals surface area (Å²) in [6.07, 6.45) is 12.9. The van der Waals surface area contributed by atoms with E-state index < -0.39 is 0 Å². The summed E-state index contributed by atoms with van der Waals surface area (Å²) in [5.41, 5.74) is 19.0. The van der Waals surface area contributed by atoms with E-state index in [9.17, 15) is 0 Å². The first-order valence-electron chi connectivity index (χ1n) is 31.9. The fourth-order valence-corrected chi connectivity index (χ4v) is 14.8. The van der Waals surface area contributed by atoms with Gasteiger partial charge in [-0.1, -0.05) is 261 Å². The summed E-state index contributed by atoms with van der Waals surface area (Å²) in [5.74, 6) is 0. The lowest BCUT2D eigenvalue weighted by Crippen LogP contribution is -2.30. The van der Waals surface area contributed by atoms with Gasteiger partial charge in [-0.05, 0) is 157 Å². The first-order valence-corrected chi connectivity index (χ1v) is 32.6. The third kappa shape index (κ3) is 11.6. The van der Waals surface area contributed by atoms with E-state index in [-0.39, 0.29) is 10.8 Å². The molecule has 4 nitrogen and oxygen atoms in total. The zero-order valence-electron chi connectivity index (χ0n) is 50.3. The standard InChI is InChI=1S/C42H36N2.C24H18N2.C18H19Br/c1-5-15-32(16-6-1)42(29-13-4-14-30-42)33-23-25-36(26-24-33)43(34-17-7-2-8-18-34)37-27-28-39-38-21-11-12-22-40(38)44(41(39)31-37)35-19-9-3-10-20-35;1-3-9-18(10-4-1)25-19-15-16-22-21-13-7-8-14-23(21)26(24(22)17-19)20-11-5-2-6-12-20;19-17-11-9-16(10-12-17)18(13-5-2-6-14-18)15-7-3-1-4-8-15/h1-3,5-12,15-28,31H,4,13-14,29-30H2;1-17,25H;1,3-4,7-12H,2,5-6,13-14H2. The van der Waals surface area contributed by atoms with Crippen LogP contribution in [0.5, 0.6) is 0 Å². The molecule has 0 aliphatic heterocycles. The van der Waals surface area contributed by atoms with Crippen LogP contribution in [0.25, 0.3) is 55.0 Å². The summed E-state index contributed by atoms with van der Waals surface area (Å²) in [4.78, 5) is 2.40. The Balaban J connectivity index is 0.000000130. The molecule has 2 fully saturated rings. The predicted octanol–water partition coefficient (Wildman–Crippen LogP) is 23.7. The van der Waals surface area contributed by atoms with Crippen LogP contribution in [0, 0.1) is 0 Å². The molecule has 2 aliphatic rings. The summed E-state index contributed by atoms with van der Waals surface area (Å²) < 4.78 is 5.89. The first kappa shape index (κ1) is 57.1. The minimum absolute atomic E-state index is 0.0884. The number of para-hydroxylation sites is 6. The van der Waals surface area contributed by atoms with Gasteiger partial charge in [0.25, 0.3) is 0 Å². The molecule has 0 amide bonds. The Kier molecular flexibility index (Phi) is 16.6. The Labute approximate surface area is 532 Å². The zero-order chi connectivity index (χ0) is 59.8. The molecule has 2 aliphatic carbocycles. The highest BCUT2D eigenvalue weighted by atomic mass is 79.9. The van der Waals surface area contributed by atoms with Crippen molar-refractivity contribution in [3.63, 3.8) is 0 Å². The Morgan fingerprint density at radius 2 is 0.640 bits per heavy atom. The van der Waals surface area contributed by atoms with E-state index in [0.29, 0.717) is 0 Å². The third-order valence-corrected chi connectivity index (χ3v) is 19.4. The second-order valence-corrected chi connectivity index (χ2v) is 25.0. The van der Waals surface area contributed by atoms with Gasteiger partial charge in [0.2, 0.25) is 0 Å². The van der Waals surface area contributed by atoms with Crippen molar-refractivity contribution in [2.75, 3.05) is 10.2 Å². The Morgan fingerprint density at radius 1 is 0.281 bits per heavy atom. The van der Waals surface area contributed by atoms with Gasteiger partial charge < -0.3 is 19.4 Å². The highest BCUT2D eigenvalue weighted by Gasteiger charge is 2.37. The van der Waals surface area contributed by atoms with Crippen LogP contribution in [0.4, 0.5) is 28.4 Å². The molecule has 0 atom stereocenters. The minimum Gasteiger partial charge on any atom is -0.355 e. The molecule has 5 heteroatoms. The van der Waals surface area contributed by atoms with Gasteiger partial charge in [-0.2, -0.15) is 0 Å². The molecule has 0 bridgehead atoms. The van der Waals surface area contributed by atoms with Crippen LogP contribution in [-0.4, -0.2) is 9.13 Å². The Hall–Kier alpha value is -9.68. The fraction of sp³-hybridized carbons (Fsp3) is 0.143. The summed E-state index contributed by atoms with van der Waals surface area (Å²) in [7, 11) is 0. The lowest BCUT2D eigenvalue weighted by atomic mass is 9.65. The zero-order valence-corrected chi connectivity index (χ0v) is 51.9. The number of nitrogens with zero attached hydrogens (tertiary/aromatic N) is 3. The number of halogens is 1. The van der Waals surface area contributed by atoms with Crippen LogP contribution in [0.2, 0.25) is 0 Å². The maximum absolute atomic E-state index is 3.54. The van der Waals surface area contributed by atoms with E-state index in [0.717, 1.165) is 27.2 Å². The number of aromatic nitrogens is 2. The largest absolute Gasteiger partial charge is 0.355 e. The quantitative estimate of drug-likeness (QED) is 0.140.